The van der Waals surface area contributed by atoms with Crippen molar-refractivity contribution in [1.29, 1.82) is 0 Å². The lowest BCUT2D eigenvalue weighted by Gasteiger charge is -2.39. The zero-order valence-corrected chi connectivity index (χ0v) is 15.4. The van der Waals surface area contributed by atoms with Gasteiger partial charge in [-0.1, -0.05) is 19.3 Å². The van der Waals surface area contributed by atoms with E-state index in [1.807, 2.05) is 4.90 Å². The monoisotopic (exact) mass is 372 g/mol. The summed E-state index contributed by atoms with van der Waals surface area (Å²) in [5, 5.41) is 9.32. The van der Waals surface area contributed by atoms with E-state index < -0.39 is 21.8 Å². The highest BCUT2D eigenvalue weighted by molar-refractivity contribution is 7.91. The zero-order chi connectivity index (χ0) is 18.0. The quantitative estimate of drug-likeness (QED) is 0.770. The molecule has 7 nitrogen and oxygen atoms in total. The number of carbonyl (C=O) groups excluding carboxylic acids is 1. The molecule has 142 valence electrons. The van der Waals surface area contributed by atoms with Gasteiger partial charge in [-0.2, -0.15) is 0 Å². The van der Waals surface area contributed by atoms with E-state index in [0.717, 1.165) is 38.5 Å². The third-order valence-corrected chi connectivity index (χ3v) is 7.60. The third-order valence-electron chi connectivity index (χ3n) is 5.84. The highest BCUT2D eigenvalue weighted by atomic mass is 32.2. The molecule has 2 aliphatic heterocycles. The Morgan fingerprint density at radius 3 is 2.32 bits per heavy atom. The van der Waals surface area contributed by atoms with Crippen LogP contribution in [0.5, 0.6) is 0 Å². The minimum atomic E-state index is -3.07. The Morgan fingerprint density at radius 1 is 1.00 bits per heavy atom. The maximum atomic E-state index is 13.1. The van der Waals surface area contributed by atoms with Crippen LogP contribution in [0, 0.1) is 0 Å². The molecule has 0 radical (unpaired) electrons. The lowest BCUT2D eigenvalue weighted by molar-refractivity contribution is -0.144. The van der Waals surface area contributed by atoms with Crippen LogP contribution in [0.3, 0.4) is 0 Å². The van der Waals surface area contributed by atoms with E-state index in [2.05, 4.69) is 0 Å². The third kappa shape index (κ3) is 4.34. The number of carboxylic acids is 1. The lowest BCUT2D eigenvalue weighted by Crippen LogP contribution is -2.53. The molecule has 3 fully saturated rings. The summed E-state index contributed by atoms with van der Waals surface area (Å²) in [6, 6.07) is -0.735. The molecule has 2 saturated heterocycles. The molecule has 0 aromatic carbocycles. The van der Waals surface area contributed by atoms with Gasteiger partial charge in [0.2, 0.25) is 5.91 Å². The van der Waals surface area contributed by atoms with Gasteiger partial charge in [-0.3, -0.25) is 14.5 Å². The number of nitrogens with zero attached hydrogens (tertiary/aromatic N) is 2. The molecular formula is C17H28N2O5S. The van der Waals surface area contributed by atoms with Crippen LogP contribution in [0.15, 0.2) is 0 Å². The highest BCUT2D eigenvalue weighted by Crippen LogP contribution is 2.29. The SMILES string of the molecule is O=C(O)[C@@H]1CCCN1CC(=O)N(C1CCCCC1)C1CCS(=O)(=O)C1. The minimum Gasteiger partial charge on any atom is -0.480 e. The summed E-state index contributed by atoms with van der Waals surface area (Å²) in [5.74, 6) is -0.771. The van der Waals surface area contributed by atoms with Gasteiger partial charge in [-0.05, 0) is 38.6 Å². The van der Waals surface area contributed by atoms with Crippen LogP contribution in [0.2, 0.25) is 0 Å². The van der Waals surface area contributed by atoms with Gasteiger partial charge in [-0.25, -0.2) is 8.42 Å². The highest BCUT2D eigenvalue weighted by Gasteiger charge is 2.40. The predicted molar refractivity (Wildman–Crippen MR) is 93.0 cm³/mol. The average molecular weight is 372 g/mol. The molecule has 8 heteroatoms. The predicted octanol–water partition coefficient (Wildman–Crippen LogP) is 0.884. The van der Waals surface area contributed by atoms with Crippen molar-refractivity contribution in [2.75, 3.05) is 24.6 Å². The Labute approximate surface area is 149 Å². The molecule has 1 amide bonds. The molecule has 0 bridgehead atoms. The molecule has 1 N–H and O–H groups in total. The molecule has 3 rings (SSSR count). The Balaban J connectivity index is 1.74. The van der Waals surface area contributed by atoms with Crippen molar-refractivity contribution in [3.05, 3.63) is 0 Å². The van der Waals surface area contributed by atoms with E-state index in [9.17, 15) is 23.1 Å². The first kappa shape index (κ1) is 18.6. The molecule has 3 aliphatic rings. The second-order valence-electron chi connectivity index (χ2n) is 7.62. The van der Waals surface area contributed by atoms with Gasteiger partial charge in [0.1, 0.15) is 6.04 Å². The maximum absolute atomic E-state index is 13.1. The van der Waals surface area contributed by atoms with Crippen molar-refractivity contribution in [1.82, 2.24) is 9.80 Å². The fourth-order valence-electron chi connectivity index (χ4n) is 4.61. The molecule has 1 saturated carbocycles. The van der Waals surface area contributed by atoms with E-state index in [4.69, 9.17) is 0 Å². The van der Waals surface area contributed by atoms with Gasteiger partial charge >= 0.3 is 5.97 Å². The first-order valence-electron chi connectivity index (χ1n) is 9.36. The Bertz CT molecular complexity index is 615. The molecule has 0 spiro atoms. The molecule has 0 aromatic heterocycles. The van der Waals surface area contributed by atoms with Gasteiger partial charge in [0.05, 0.1) is 18.1 Å². The molecule has 25 heavy (non-hydrogen) atoms. The standard InChI is InChI=1S/C17H28N2O5S/c20-16(11-18-9-4-7-15(18)17(21)22)19(13-5-2-1-3-6-13)14-8-10-25(23,24)12-14/h13-15H,1-12H2,(H,21,22)/t14?,15-/m0/s1. The van der Waals surface area contributed by atoms with E-state index in [1.165, 1.54) is 0 Å². The van der Waals surface area contributed by atoms with Crippen LogP contribution >= 0.6 is 0 Å². The van der Waals surface area contributed by atoms with Gasteiger partial charge in [0.15, 0.2) is 9.84 Å². The molecule has 1 aliphatic carbocycles. The van der Waals surface area contributed by atoms with Crippen LogP contribution in [0.4, 0.5) is 0 Å². The van der Waals surface area contributed by atoms with Gasteiger partial charge < -0.3 is 10.0 Å². The minimum absolute atomic E-state index is 0.0532. The fourth-order valence-corrected chi connectivity index (χ4v) is 6.32. The number of aliphatic carboxylic acids is 1. The summed E-state index contributed by atoms with van der Waals surface area (Å²) in [5.41, 5.74) is 0. The number of hydrogen-bond donors (Lipinski definition) is 1. The van der Waals surface area contributed by atoms with Crippen LogP contribution in [-0.4, -0.2) is 77.9 Å². The number of carbonyl (C=O) groups is 2. The Kier molecular flexibility index (Phi) is 5.68. The van der Waals surface area contributed by atoms with Crippen molar-refractivity contribution < 1.29 is 23.1 Å². The van der Waals surface area contributed by atoms with E-state index in [0.29, 0.717) is 19.4 Å². The summed E-state index contributed by atoms with van der Waals surface area (Å²) in [4.78, 5) is 28.0. The van der Waals surface area contributed by atoms with Crippen molar-refractivity contribution >= 4 is 21.7 Å². The Hall–Kier alpha value is -1.15. The largest absolute Gasteiger partial charge is 0.480 e. The second-order valence-corrected chi connectivity index (χ2v) is 9.85. The number of likely N-dealkylation sites (tertiary alicyclic amines) is 1. The van der Waals surface area contributed by atoms with Gasteiger partial charge in [0.25, 0.3) is 0 Å². The molecule has 0 aromatic rings. The normalized spacial score (nSPS) is 30.4. The first-order valence-corrected chi connectivity index (χ1v) is 11.2. The summed E-state index contributed by atoms with van der Waals surface area (Å²) < 4.78 is 23.8. The van der Waals surface area contributed by atoms with Crippen molar-refractivity contribution in [2.45, 2.75) is 69.5 Å². The van der Waals surface area contributed by atoms with Crippen LogP contribution in [0.1, 0.15) is 51.4 Å². The number of sulfone groups is 1. The zero-order valence-electron chi connectivity index (χ0n) is 14.6. The van der Waals surface area contributed by atoms with Crippen molar-refractivity contribution in [2.24, 2.45) is 0 Å². The number of hydrogen-bond acceptors (Lipinski definition) is 5. The molecule has 1 unspecified atom stereocenters. The van der Waals surface area contributed by atoms with Gasteiger partial charge in [0, 0.05) is 12.1 Å². The summed E-state index contributed by atoms with van der Waals surface area (Å²) in [7, 11) is -3.07. The lowest BCUT2D eigenvalue weighted by atomic mass is 9.92. The van der Waals surface area contributed by atoms with E-state index in [-0.39, 0.29) is 36.0 Å². The molecule has 2 heterocycles. The average Bonchev–Trinajstić information content (AvgIpc) is 3.15. The molecule has 2 atom stereocenters. The second kappa shape index (κ2) is 7.61. The summed E-state index contributed by atoms with van der Waals surface area (Å²) >= 11 is 0. The number of rotatable bonds is 5. The number of amides is 1. The maximum Gasteiger partial charge on any atom is 0.320 e. The number of carboxylic acid groups (broad SMARTS) is 1. The van der Waals surface area contributed by atoms with E-state index in [1.54, 1.807) is 4.90 Å². The first-order chi connectivity index (χ1) is 11.9. The van der Waals surface area contributed by atoms with Gasteiger partial charge in [-0.15, -0.1) is 0 Å². The van der Waals surface area contributed by atoms with Crippen molar-refractivity contribution in [3.63, 3.8) is 0 Å². The van der Waals surface area contributed by atoms with E-state index >= 15 is 0 Å². The van der Waals surface area contributed by atoms with Crippen LogP contribution in [-0.2, 0) is 19.4 Å². The summed E-state index contributed by atoms with van der Waals surface area (Å²) in [6.07, 6.45) is 7.00. The van der Waals surface area contributed by atoms with Crippen molar-refractivity contribution in [3.8, 4) is 0 Å². The topological polar surface area (TPSA) is 95.0 Å². The fraction of sp³-hybridized carbons (Fsp3) is 0.882. The smallest absolute Gasteiger partial charge is 0.320 e. The van der Waals surface area contributed by atoms with Crippen LogP contribution in [0.25, 0.3) is 0 Å². The molecular weight excluding hydrogens is 344 g/mol. The Morgan fingerprint density at radius 2 is 1.72 bits per heavy atom. The van der Waals surface area contributed by atoms with Crippen LogP contribution < -0.4 is 0 Å². The summed E-state index contributed by atoms with van der Waals surface area (Å²) in [6.45, 7) is 0.703.